The summed E-state index contributed by atoms with van der Waals surface area (Å²) in [6.07, 6.45) is 7.18. The van der Waals surface area contributed by atoms with Crippen LogP contribution in [-0.2, 0) is 6.42 Å². The minimum atomic E-state index is -0.165. The van der Waals surface area contributed by atoms with Crippen molar-refractivity contribution in [3.63, 3.8) is 0 Å². The molecule has 0 spiro atoms. The number of rotatable bonds is 9. The van der Waals surface area contributed by atoms with Crippen LogP contribution in [-0.4, -0.2) is 23.3 Å². The van der Waals surface area contributed by atoms with Gasteiger partial charge in [0.1, 0.15) is 18.1 Å². The lowest BCUT2D eigenvalue weighted by Gasteiger charge is -2.16. The lowest BCUT2D eigenvalue weighted by molar-refractivity contribution is 0.287. The summed E-state index contributed by atoms with van der Waals surface area (Å²) < 4.78 is 16.8. The lowest BCUT2D eigenvalue weighted by Crippen LogP contribution is -2.30. The van der Waals surface area contributed by atoms with Crippen LogP contribution in [0.4, 0.5) is 5.69 Å². The summed E-state index contributed by atoms with van der Waals surface area (Å²) in [6.45, 7) is 0.344. The van der Waals surface area contributed by atoms with Crippen LogP contribution in [0.25, 0.3) is 22.4 Å². The highest BCUT2D eigenvalue weighted by Gasteiger charge is 2.17. The highest BCUT2D eigenvalue weighted by atomic mass is 16.5. The van der Waals surface area contributed by atoms with Crippen molar-refractivity contribution in [2.75, 3.05) is 12.3 Å². The molecule has 0 aliphatic rings. The molecule has 0 bridgehead atoms. The molecule has 3 aromatic heterocycles. The third kappa shape index (κ3) is 5.06. The van der Waals surface area contributed by atoms with Gasteiger partial charge in [0.05, 0.1) is 30.7 Å². The Hall–Kier alpha value is -4.62. The van der Waals surface area contributed by atoms with E-state index in [2.05, 4.69) is 17.1 Å². The Labute approximate surface area is 208 Å². The summed E-state index contributed by atoms with van der Waals surface area (Å²) in [6, 6.07) is 22.7. The maximum Gasteiger partial charge on any atom is 0.152 e. The second kappa shape index (κ2) is 10.3. The molecule has 36 heavy (non-hydrogen) atoms. The van der Waals surface area contributed by atoms with Gasteiger partial charge >= 0.3 is 0 Å². The first-order valence-electron chi connectivity index (χ1n) is 11.6. The number of benzene rings is 2. The maximum absolute atomic E-state index is 8.58. The summed E-state index contributed by atoms with van der Waals surface area (Å²) in [7, 11) is 0. The van der Waals surface area contributed by atoms with E-state index >= 15 is 0 Å². The normalized spacial score (nSPS) is 11.8. The zero-order valence-electron chi connectivity index (χ0n) is 19.6. The monoisotopic (exact) mass is 478 g/mol. The van der Waals surface area contributed by atoms with Gasteiger partial charge in [-0.2, -0.15) is 0 Å². The molecule has 0 aliphatic heterocycles. The van der Waals surface area contributed by atoms with Crippen molar-refractivity contribution in [1.82, 2.24) is 4.98 Å². The van der Waals surface area contributed by atoms with Gasteiger partial charge in [0.15, 0.2) is 5.76 Å². The predicted octanol–water partition coefficient (Wildman–Crippen LogP) is 5.55. The second-order valence-corrected chi connectivity index (χ2v) is 8.49. The van der Waals surface area contributed by atoms with Crippen molar-refractivity contribution < 1.29 is 13.6 Å². The summed E-state index contributed by atoms with van der Waals surface area (Å²) >= 11 is 0. The fourth-order valence-corrected chi connectivity index (χ4v) is 4.05. The molecule has 0 saturated carbocycles. The molecule has 3 heterocycles. The van der Waals surface area contributed by atoms with Crippen LogP contribution >= 0.6 is 0 Å². The van der Waals surface area contributed by atoms with Crippen molar-refractivity contribution in [2.45, 2.75) is 12.5 Å². The van der Waals surface area contributed by atoms with Crippen molar-refractivity contribution >= 4 is 11.4 Å². The highest BCUT2D eigenvalue weighted by molar-refractivity contribution is 6.12. The van der Waals surface area contributed by atoms with E-state index in [9.17, 15) is 0 Å². The number of nitrogen functional groups attached to an aromatic ring is 1. The number of ether oxygens (including phenoxy) is 1. The zero-order chi connectivity index (χ0) is 24.9. The number of anilines is 1. The molecule has 180 valence electrons. The SMILES string of the molecule is N=C(c1ccco1)c1cc(-c2cc(OC[C@H](N)Cc3ccccc3)cnc2-c2ccoc2)ccc1N. The van der Waals surface area contributed by atoms with Gasteiger partial charge in [0, 0.05) is 28.4 Å². The molecule has 0 radical (unpaired) electrons. The van der Waals surface area contributed by atoms with Crippen LogP contribution in [0, 0.1) is 5.41 Å². The number of hydrogen-bond donors (Lipinski definition) is 3. The number of aromatic nitrogens is 1. The predicted molar refractivity (Wildman–Crippen MR) is 140 cm³/mol. The number of nitrogens with two attached hydrogens (primary N) is 2. The fourth-order valence-electron chi connectivity index (χ4n) is 4.05. The Morgan fingerprint density at radius 3 is 2.58 bits per heavy atom. The minimum absolute atomic E-state index is 0.165. The van der Waals surface area contributed by atoms with E-state index in [1.54, 1.807) is 36.9 Å². The third-order valence-corrected chi connectivity index (χ3v) is 5.86. The van der Waals surface area contributed by atoms with E-state index in [1.807, 2.05) is 42.5 Å². The van der Waals surface area contributed by atoms with Gasteiger partial charge in [-0.25, -0.2) is 0 Å². The molecule has 1 atom stereocenters. The third-order valence-electron chi connectivity index (χ3n) is 5.86. The minimum Gasteiger partial charge on any atom is -0.490 e. The van der Waals surface area contributed by atoms with E-state index in [0.29, 0.717) is 35.8 Å². The van der Waals surface area contributed by atoms with E-state index in [4.69, 9.17) is 30.4 Å². The van der Waals surface area contributed by atoms with Crippen molar-refractivity contribution in [2.24, 2.45) is 5.73 Å². The first kappa shape index (κ1) is 23.1. The van der Waals surface area contributed by atoms with E-state index in [1.165, 1.54) is 6.26 Å². The van der Waals surface area contributed by atoms with Gasteiger partial charge in [-0.1, -0.05) is 36.4 Å². The Balaban J connectivity index is 1.45. The van der Waals surface area contributed by atoms with Crippen LogP contribution in [0.2, 0.25) is 0 Å². The molecule has 0 fully saturated rings. The van der Waals surface area contributed by atoms with Gasteiger partial charge in [0.25, 0.3) is 0 Å². The highest BCUT2D eigenvalue weighted by Crippen LogP contribution is 2.35. The van der Waals surface area contributed by atoms with E-state index in [0.717, 1.165) is 27.9 Å². The molecule has 0 unspecified atom stereocenters. The quantitative estimate of drug-likeness (QED) is 0.188. The molecule has 5 aromatic rings. The topological polar surface area (TPSA) is 124 Å². The smallest absolute Gasteiger partial charge is 0.152 e. The number of furan rings is 2. The fraction of sp³-hybridized carbons (Fsp3) is 0.103. The first-order valence-corrected chi connectivity index (χ1v) is 11.6. The molecule has 7 heteroatoms. The lowest BCUT2D eigenvalue weighted by atomic mass is 9.96. The van der Waals surface area contributed by atoms with E-state index < -0.39 is 0 Å². The molecular formula is C29H26N4O3. The summed E-state index contributed by atoms with van der Waals surface area (Å²) in [5.74, 6) is 1.04. The molecular weight excluding hydrogens is 452 g/mol. The summed E-state index contributed by atoms with van der Waals surface area (Å²) in [4.78, 5) is 4.68. The van der Waals surface area contributed by atoms with Crippen molar-refractivity contribution in [3.8, 4) is 28.1 Å². The van der Waals surface area contributed by atoms with E-state index in [-0.39, 0.29) is 11.8 Å². The molecule has 0 saturated heterocycles. The molecule has 0 amide bonds. The molecule has 0 aliphatic carbocycles. The Morgan fingerprint density at radius 2 is 1.83 bits per heavy atom. The van der Waals surface area contributed by atoms with Crippen LogP contribution < -0.4 is 16.2 Å². The van der Waals surface area contributed by atoms with Gasteiger partial charge in [-0.15, -0.1) is 0 Å². The van der Waals surface area contributed by atoms with Crippen LogP contribution in [0.3, 0.4) is 0 Å². The average molecular weight is 479 g/mol. The van der Waals surface area contributed by atoms with Crippen molar-refractivity contribution in [3.05, 3.63) is 115 Å². The number of nitrogens with one attached hydrogen (secondary N) is 1. The standard InChI is InChI=1S/C29H26N4O3/c30-22(13-19-5-2-1-3-6-19)18-36-23-15-24(29(33-16-23)21-10-12-34-17-21)20-8-9-26(31)25(14-20)28(32)27-7-4-11-35-27/h1-12,14-17,22,32H,13,18,30-31H2/t22-/m1/s1. The largest absolute Gasteiger partial charge is 0.490 e. The summed E-state index contributed by atoms with van der Waals surface area (Å²) in [5.41, 5.74) is 18.2. The Morgan fingerprint density at radius 1 is 0.972 bits per heavy atom. The van der Waals surface area contributed by atoms with Gasteiger partial charge in [-0.3, -0.25) is 10.4 Å². The van der Waals surface area contributed by atoms with Crippen LogP contribution in [0.15, 0.2) is 107 Å². The number of nitrogens with zero attached hydrogens (tertiary/aromatic N) is 1. The van der Waals surface area contributed by atoms with Gasteiger partial charge in [0.2, 0.25) is 0 Å². The first-order chi connectivity index (χ1) is 17.6. The molecule has 7 nitrogen and oxygen atoms in total. The Kier molecular flexibility index (Phi) is 6.64. The molecule has 5 rings (SSSR count). The Bertz CT molecular complexity index is 1450. The summed E-state index contributed by atoms with van der Waals surface area (Å²) in [5, 5.41) is 8.58. The number of pyridine rings is 1. The second-order valence-electron chi connectivity index (χ2n) is 8.49. The van der Waals surface area contributed by atoms with Crippen LogP contribution in [0.1, 0.15) is 16.9 Å². The molecule has 5 N–H and O–H groups in total. The zero-order valence-corrected chi connectivity index (χ0v) is 19.6. The van der Waals surface area contributed by atoms with Gasteiger partial charge < -0.3 is 25.0 Å². The average Bonchev–Trinajstić information content (AvgIpc) is 3.63. The number of hydrogen-bond acceptors (Lipinski definition) is 7. The molecule has 2 aromatic carbocycles. The van der Waals surface area contributed by atoms with Crippen LogP contribution in [0.5, 0.6) is 5.75 Å². The van der Waals surface area contributed by atoms with Gasteiger partial charge in [-0.05, 0) is 53.9 Å². The van der Waals surface area contributed by atoms with Crippen molar-refractivity contribution in [1.29, 1.82) is 5.41 Å². The maximum atomic E-state index is 8.58.